The van der Waals surface area contributed by atoms with Gasteiger partial charge in [-0.15, -0.1) is 0 Å². The quantitative estimate of drug-likeness (QED) is 0.589. The number of amides is 1. The maximum Gasteiger partial charge on any atom is 0.267 e. The number of fused-ring (bicyclic) bond motifs is 6. The monoisotopic (exact) mass is 498 g/mol. The lowest BCUT2D eigenvalue weighted by Crippen LogP contribution is -2.34. The summed E-state index contributed by atoms with van der Waals surface area (Å²) in [6.07, 6.45) is 4.17. The number of nitrogens with zero attached hydrogens (tertiary/aromatic N) is 3. The number of benzene rings is 1. The molecule has 0 fully saturated rings. The van der Waals surface area contributed by atoms with E-state index in [0.29, 0.717) is 12.5 Å². The molecule has 9 nitrogen and oxygen atoms in total. The van der Waals surface area contributed by atoms with Gasteiger partial charge in [0.2, 0.25) is 11.8 Å². The lowest BCUT2D eigenvalue weighted by Gasteiger charge is -2.25. The topological polar surface area (TPSA) is 112 Å². The Kier molecular flexibility index (Phi) is 6.70. The molecule has 1 N–H and O–H groups in total. The summed E-state index contributed by atoms with van der Waals surface area (Å²) in [5.41, 5.74) is 3.59. The summed E-state index contributed by atoms with van der Waals surface area (Å²) in [4.78, 5) is 17.3. The first kappa shape index (κ1) is 24.9. The molecule has 0 spiro atoms. The normalized spacial score (nSPS) is 17.0. The number of carbonyl (C=O) groups is 1. The van der Waals surface area contributed by atoms with Crippen molar-refractivity contribution in [1.29, 1.82) is 0 Å². The average molecular weight is 499 g/mol. The van der Waals surface area contributed by atoms with Gasteiger partial charge in [0.05, 0.1) is 24.8 Å². The van der Waals surface area contributed by atoms with Crippen LogP contribution in [0.5, 0.6) is 5.88 Å². The highest BCUT2D eigenvalue weighted by molar-refractivity contribution is 7.90. The summed E-state index contributed by atoms with van der Waals surface area (Å²) in [5, 5.41) is 4.21. The van der Waals surface area contributed by atoms with Crippen molar-refractivity contribution in [3.63, 3.8) is 0 Å². The number of nitrogens with one attached hydrogen (secondary N) is 1. The molecule has 0 unspecified atom stereocenters. The molecule has 186 valence electrons. The maximum atomic E-state index is 13.1. The second kappa shape index (κ2) is 9.43. The molecule has 10 heteroatoms. The Morgan fingerprint density at radius 3 is 2.74 bits per heavy atom. The van der Waals surface area contributed by atoms with Crippen LogP contribution in [0.1, 0.15) is 50.3 Å². The number of hydrogen-bond donors (Lipinski definition) is 1. The molecule has 1 aromatic carbocycles. The fourth-order valence-corrected chi connectivity index (χ4v) is 5.04. The minimum atomic E-state index is -4.10. The highest BCUT2D eigenvalue weighted by Gasteiger charge is 2.28. The highest BCUT2D eigenvalue weighted by atomic mass is 32.2. The zero-order valence-corrected chi connectivity index (χ0v) is 21.3. The standard InChI is InChI=1S/C25H30N4O5S/c1-16(2)20-8-17(14-33-5)9-21-18-6-7-26-24(10-18)34-15-25(3,4)29-13-19(12-27-29)35(31,32)28-23(30)11-22(20)21/h6-10,12-13,16H,11,14-15H2,1-5H3,(H,28,30). The van der Waals surface area contributed by atoms with Crippen LogP contribution in [-0.4, -0.2) is 42.8 Å². The van der Waals surface area contributed by atoms with Crippen LogP contribution in [0.15, 0.2) is 47.8 Å². The smallest absolute Gasteiger partial charge is 0.267 e. The van der Waals surface area contributed by atoms with Crippen molar-refractivity contribution >= 4 is 15.9 Å². The van der Waals surface area contributed by atoms with E-state index in [9.17, 15) is 13.2 Å². The predicted molar refractivity (Wildman–Crippen MR) is 131 cm³/mol. The molecule has 3 heterocycles. The number of rotatable bonds is 3. The van der Waals surface area contributed by atoms with E-state index in [1.165, 1.54) is 17.1 Å². The van der Waals surface area contributed by atoms with Crippen LogP contribution in [0.3, 0.4) is 0 Å². The van der Waals surface area contributed by atoms with E-state index in [2.05, 4.69) is 14.8 Å². The number of ether oxygens (including phenoxy) is 2. The van der Waals surface area contributed by atoms with Gasteiger partial charge >= 0.3 is 0 Å². The Morgan fingerprint density at radius 2 is 2.03 bits per heavy atom. The van der Waals surface area contributed by atoms with E-state index in [-0.39, 0.29) is 23.8 Å². The largest absolute Gasteiger partial charge is 0.475 e. The van der Waals surface area contributed by atoms with E-state index in [1.807, 2.05) is 52.0 Å². The van der Waals surface area contributed by atoms with Gasteiger partial charge < -0.3 is 9.47 Å². The van der Waals surface area contributed by atoms with Crippen LogP contribution >= 0.6 is 0 Å². The van der Waals surface area contributed by atoms with Gasteiger partial charge in [-0.05, 0) is 59.7 Å². The second-order valence-corrected chi connectivity index (χ2v) is 11.3. The van der Waals surface area contributed by atoms with Gasteiger partial charge in [-0.25, -0.2) is 18.1 Å². The molecule has 1 amide bonds. The van der Waals surface area contributed by atoms with E-state index < -0.39 is 21.5 Å². The number of pyridine rings is 1. The fraction of sp³-hybridized carbons (Fsp3) is 0.400. The van der Waals surface area contributed by atoms with Crippen LogP contribution in [0.25, 0.3) is 11.1 Å². The third-order valence-electron chi connectivity index (χ3n) is 5.97. The fourth-order valence-electron chi connectivity index (χ4n) is 4.13. The van der Waals surface area contributed by atoms with Crippen LogP contribution in [0.2, 0.25) is 0 Å². The third-order valence-corrected chi connectivity index (χ3v) is 7.30. The number of aromatic nitrogens is 3. The Labute approximate surface area is 205 Å². The molecule has 35 heavy (non-hydrogen) atoms. The number of sulfonamides is 1. The molecule has 0 radical (unpaired) electrons. The third kappa shape index (κ3) is 5.23. The molecule has 0 atom stereocenters. The zero-order chi connectivity index (χ0) is 25.4. The molecular weight excluding hydrogens is 468 g/mol. The van der Waals surface area contributed by atoms with Crippen LogP contribution in [0, 0.1) is 0 Å². The Hall–Kier alpha value is -3.24. The van der Waals surface area contributed by atoms with Crippen molar-refractivity contribution in [3.05, 3.63) is 59.5 Å². The van der Waals surface area contributed by atoms with Gasteiger partial charge in [-0.2, -0.15) is 5.10 Å². The van der Waals surface area contributed by atoms with Gasteiger partial charge in [0.1, 0.15) is 11.5 Å². The number of carbonyl (C=O) groups excluding carboxylic acids is 1. The van der Waals surface area contributed by atoms with Crippen molar-refractivity contribution in [2.24, 2.45) is 0 Å². The molecule has 4 bridgehead atoms. The molecule has 0 saturated carbocycles. The summed E-state index contributed by atoms with van der Waals surface area (Å²) in [6, 6.07) is 7.66. The molecule has 0 aliphatic carbocycles. The van der Waals surface area contributed by atoms with E-state index >= 15 is 0 Å². The van der Waals surface area contributed by atoms with Crippen molar-refractivity contribution in [2.45, 2.75) is 57.1 Å². The lowest BCUT2D eigenvalue weighted by atomic mass is 9.86. The van der Waals surface area contributed by atoms with Gasteiger partial charge in [0.25, 0.3) is 10.0 Å². The van der Waals surface area contributed by atoms with Crippen molar-refractivity contribution in [3.8, 4) is 17.0 Å². The van der Waals surface area contributed by atoms with Crippen molar-refractivity contribution in [1.82, 2.24) is 19.5 Å². The molecule has 4 rings (SSSR count). The van der Waals surface area contributed by atoms with Crippen molar-refractivity contribution in [2.75, 3.05) is 13.7 Å². The summed E-state index contributed by atoms with van der Waals surface area (Å²) >= 11 is 0. The second-order valence-electron chi connectivity index (χ2n) is 9.61. The van der Waals surface area contributed by atoms with Gasteiger partial charge in [0, 0.05) is 25.6 Å². The highest BCUT2D eigenvalue weighted by Crippen LogP contribution is 2.34. The Bertz CT molecular complexity index is 1360. The van der Waals surface area contributed by atoms with Crippen LogP contribution in [-0.2, 0) is 38.1 Å². The Morgan fingerprint density at radius 1 is 1.26 bits per heavy atom. The van der Waals surface area contributed by atoms with Crippen LogP contribution in [0.4, 0.5) is 0 Å². The molecule has 0 saturated heterocycles. The zero-order valence-electron chi connectivity index (χ0n) is 20.5. The van der Waals surface area contributed by atoms with Crippen LogP contribution < -0.4 is 9.46 Å². The summed E-state index contributed by atoms with van der Waals surface area (Å²) in [7, 11) is -2.47. The molecule has 1 aliphatic rings. The predicted octanol–water partition coefficient (Wildman–Crippen LogP) is 3.39. The minimum Gasteiger partial charge on any atom is -0.475 e. The first-order valence-electron chi connectivity index (χ1n) is 11.3. The molecule has 3 aromatic rings. The molecule has 2 aromatic heterocycles. The maximum absolute atomic E-state index is 13.1. The Balaban J connectivity index is 1.92. The van der Waals surface area contributed by atoms with Crippen molar-refractivity contribution < 1.29 is 22.7 Å². The summed E-state index contributed by atoms with van der Waals surface area (Å²) < 4.78 is 41.0. The summed E-state index contributed by atoms with van der Waals surface area (Å²) in [6.45, 7) is 8.42. The molecule has 1 aliphatic heterocycles. The lowest BCUT2D eigenvalue weighted by molar-refractivity contribution is -0.118. The van der Waals surface area contributed by atoms with Gasteiger partial charge in [0.15, 0.2) is 0 Å². The number of hydrogen-bond acceptors (Lipinski definition) is 7. The molecular formula is C25H30N4O5S. The first-order valence-corrected chi connectivity index (χ1v) is 12.8. The summed E-state index contributed by atoms with van der Waals surface area (Å²) in [5.74, 6) is -0.118. The van der Waals surface area contributed by atoms with Gasteiger partial charge in [-0.3, -0.25) is 9.48 Å². The number of methoxy groups -OCH3 is 1. The minimum absolute atomic E-state index is 0.0867. The van der Waals surface area contributed by atoms with E-state index in [1.54, 1.807) is 13.3 Å². The van der Waals surface area contributed by atoms with Gasteiger partial charge in [-0.1, -0.05) is 19.9 Å². The van der Waals surface area contributed by atoms with E-state index in [0.717, 1.165) is 27.8 Å². The first-order chi connectivity index (χ1) is 16.5. The average Bonchev–Trinajstić information content (AvgIpc) is 3.30. The SMILES string of the molecule is COCc1cc2c(c(C(C)C)c1)CC(=O)NS(=O)(=O)c1cnn(c1)C(C)(C)COc1cc-2ccn1. The van der Waals surface area contributed by atoms with E-state index in [4.69, 9.17) is 9.47 Å².